The van der Waals surface area contributed by atoms with Crippen LogP contribution in [0.2, 0.25) is 0 Å². The minimum atomic E-state index is -2.73. The number of halogens is 2. The van der Waals surface area contributed by atoms with Crippen molar-refractivity contribution in [3.8, 4) is 0 Å². The first-order valence-corrected chi connectivity index (χ1v) is 4.90. The Labute approximate surface area is 88.4 Å². The van der Waals surface area contributed by atoms with Gasteiger partial charge >= 0.3 is 6.61 Å². The highest BCUT2D eigenvalue weighted by atomic mass is 19.3. The van der Waals surface area contributed by atoms with Gasteiger partial charge < -0.3 is 18.9 Å². The molecule has 0 bridgehead atoms. The monoisotopic (exact) mass is 228 g/mol. The Bertz CT molecular complexity index is 125. The standard InChI is InChI=1S/C9H18F2O4/c1-2-12-3-4-13-5-6-14-7-8-15-9(10)11/h9H,2-8H2,1H3. The molecule has 0 aromatic heterocycles. The molecule has 0 rings (SSSR count). The van der Waals surface area contributed by atoms with Gasteiger partial charge in [0.2, 0.25) is 0 Å². The van der Waals surface area contributed by atoms with Gasteiger partial charge in [0.05, 0.1) is 39.6 Å². The minimum absolute atomic E-state index is 0.101. The molecule has 4 nitrogen and oxygen atoms in total. The van der Waals surface area contributed by atoms with Crippen LogP contribution in [-0.4, -0.2) is 52.9 Å². The zero-order valence-electron chi connectivity index (χ0n) is 8.92. The molecule has 0 aliphatic rings. The van der Waals surface area contributed by atoms with Crippen LogP contribution in [0.5, 0.6) is 0 Å². The summed E-state index contributed by atoms with van der Waals surface area (Å²) in [6.45, 7) is 1.79. The lowest BCUT2D eigenvalue weighted by Gasteiger charge is -2.06. The second-order valence-electron chi connectivity index (χ2n) is 2.55. The van der Waals surface area contributed by atoms with Crippen LogP contribution in [-0.2, 0) is 18.9 Å². The first-order valence-electron chi connectivity index (χ1n) is 4.90. The van der Waals surface area contributed by atoms with Crippen LogP contribution >= 0.6 is 0 Å². The van der Waals surface area contributed by atoms with E-state index in [0.29, 0.717) is 33.0 Å². The Kier molecular flexibility index (Phi) is 11.5. The van der Waals surface area contributed by atoms with Gasteiger partial charge in [0, 0.05) is 6.61 Å². The summed E-state index contributed by atoms with van der Waals surface area (Å²) < 4.78 is 42.0. The van der Waals surface area contributed by atoms with E-state index in [1.54, 1.807) is 0 Å². The van der Waals surface area contributed by atoms with E-state index >= 15 is 0 Å². The third-order valence-electron chi connectivity index (χ3n) is 1.42. The molecule has 15 heavy (non-hydrogen) atoms. The van der Waals surface area contributed by atoms with Crippen LogP contribution in [0.4, 0.5) is 8.78 Å². The molecule has 0 saturated carbocycles. The molecule has 0 radical (unpaired) electrons. The topological polar surface area (TPSA) is 36.9 Å². The highest BCUT2D eigenvalue weighted by molar-refractivity contribution is 4.33. The van der Waals surface area contributed by atoms with Gasteiger partial charge in [0.25, 0.3) is 0 Å². The van der Waals surface area contributed by atoms with Crippen molar-refractivity contribution < 1.29 is 27.7 Å². The number of hydrogen-bond acceptors (Lipinski definition) is 4. The summed E-state index contributed by atoms with van der Waals surface area (Å²) in [6, 6.07) is 0. The first kappa shape index (κ1) is 14.7. The quantitative estimate of drug-likeness (QED) is 0.499. The predicted octanol–water partition coefficient (Wildman–Crippen LogP) is 1.30. The van der Waals surface area contributed by atoms with Crippen molar-refractivity contribution in [3.63, 3.8) is 0 Å². The van der Waals surface area contributed by atoms with E-state index in [0.717, 1.165) is 0 Å². The zero-order chi connectivity index (χ0) is 11.4. The average molecular weight is 228 g/mol. The van der Waals surface area contributed by atoms with Crippen LogP contribution in [0.25, 0.3) is 0 Å². The Hall–Kier alpha value is -0.300. The van der Waals surface area contributed by atoms with Gasteiger partial charge in [0.15, 0.2) is 0 Å². The van der Waals surface area contributed by atoms with Crippen molar-refractivity contribution in [3.05, 3.63) is 0 Å². The molecule has 0 aromatic rings. The Morgan fingerprint density at radius 2 is 1.27 bits per heavy atom. The fraction of sp³-hybridized carbons (Fsp3) is 1.00. The highest BCUT2D eigenvalue weighted by Crippen LogP contribution is 1.93. The van der Waals surface area contributed by atoms with Crippen molar-refractivity contribution >= 4 is 0 Å². The average Bonchev–Trinajstić information content (AvgIpc) is 2.20. The fourth-order valence-corrected chi connectivity index (χ4v) is 0.780. The Balaban J connectivity index is 2.87. The summed E-state index contributed by atoms with van der Waals surface area (Å²) in [6.07, 6.45) is 0. The van der Waals surface area contributed by atoms with Crippen LogP contribution in [0.1, 0.15) is 6.92 Å². The first-order chi connectivity index (χ1) is 7.27. The van der Waals surface area contributed by atoms with E-state index in [-0.39, 0.29) is 13.2 Å². The number of rotatable bonds is 11. The SMILES string of the molecule is CCOCCOCCOCCOC(F)F. The van der Waals surface area contributed by atoms with E-state index in [2.05, 4.69) is 4.74 Å². The van der Waals surface area contributed by atoms with Gasteiger partial charge in [-0.1, -0.05) is 0 Å². The molecule has 0 aromatic carbocycles. The van der Waals surface area contributed by atoms with Crippen LogP contribution < -0.4 is 0 Å². The lowest BCUT2D eigenvalue weighted by atomic mass is 10.7. The molecular formula is C9H18F2O4. The van der Waals surface area contributed by atoms with Gasteiger partial charge in [-0.3, -0.25) is 0 Å². The van der Waals surface area contributed by atoms with Crippen molar-refractivity contribution in [2.24, 2.45) is 0 Å². The summed E-state index contributed by atoms with van der Waals surface area (Å²) in [5, 5.41) is 0. The molecule has 0 N–H and O–H groups in total. The third-order valence-corrected chi connectivity index (χ3v) is 1.42. The third kappa shape index (κ3) is 13.7. The molecule has 0 amide bonds. The molecule has 0 aliphatic heterocycles. The minimum Gasteiger partial charge on any atom is -0.379 e. The molecule has 92 valence electrons. The largest absolute Gasteiger partial charge is 0.379 e. The van der Waals surface area contributed by atoms with Crippen LogP contribution in [0.15, 0.2) is 0 Å². The fourth-order valence-electron chi connectivity index (χ4n) is 0.780. The number of ether oxygens (including phenoxy) is 4. The van der Waals surface area contributed by atoms with Gasteiger partial charge in [0.1, 0.15) is 0 Å². The van der Waals surface area contributed by atoms with Crippen molar-refractivity contribution in [1.82, 2.24) is 0 Å². The highest BCUT2D eigenvalue weighted by Gasteiger charge is 1.99. The zero-order valence-corrected chi connectivity index (χ0v) is 8.92. The molecule has 0 unspecified atom stereocenters. The summed E-state index contributed by atoms with van der Waals surface area (Å²) >= 11 is 0. The normalized spacial score (nSPS) is 11.2. The molecule has 0 atom stereocenters. The van der Waals surface area contributed by atoms with E-state index in [9.17, 15) is 8.78 Å². The van der Waals surface area contributed by atoms with Gasteiger partial charge in [-0.05, 0) is 6.92 Å². The predicted molar refractivity (Wildman–Crippen MR) is 50.1 cm³/mol. The van der Waals surface area contributed by atoms with Crippen molar-refractivity contribution in [2.75, 3.05) is 46.2 Å². The summed E-state index contributed by atoms with van der Waals surface area (Å²) in [5.74, 6) is 0. The maximum absolute atomic E-state index is 11.5. The molecule has 6 heteroatoms. The molecule has 0 heterocycles. The van der Waals surface area contributed by atoms with Crippen LogP contribution in [0, 0.1) is 0 Å². The maximum Gasteiger partial charge on any atom is 0.345 e. The number of alkyl halides is 2. The smallest absolute Gasteiger partial charge is 0.345 e. The van der Waals surface area contributed by atoms with Gasteiger partial charge in [-0.25, -0.2) is 0 Å². The van der Waals surface area contributed by atoms with E-state index in [1.165, 1.54) is 0 Å². The molecule has 0 spiro atoms. The Morgan fingerprint density at radius 1 is 0.800 bits per heavy atom. The van der Waals surface area contributed by atoms with E-state index in [1.807, 2.05) is 6.92 Å². The van der Waals surface area contributed by atoms with Crippen molar-refractivity contribution in [1.29, 1.82) is 0 Å². The molecule has 0 aliphatic carbocycles. The van der Waals surface area contributed by atoms with E-state index in [4.69, 9.17) is 14.2 Å². The number of hydrogen-bond donors (Lipinski definition) is 0. The lowest BCUT2D eigenvalue weighted by molar-refractivity contribution is -0.140. The molecule has 0 saturated heterocycles. The summed E-state index contributed by atoms with van der Waals surface area (Å²) in [4.78, 5) is 0. The van der Waals surface area contributed by atoms with Gasteiger partial charge in [-0.2, -0.15) is 8.78 Å². The molecule has 0 fully saturated rings. The second-order valence-corrected chi connectivity index (χ2v) is 2.55. The van der Waals surface area contributed by atoms with Gasteiger partial charge in [-0.15, -0.1) is 0 Å². The Morgan fingerprint density at radius 3 is 1.73 bits per heavy atom. The second kappa shape index (κ2) is 11.8. The maximum atomic E-state index is 11.5. The molecular weight excluding hydrogens is 210 g/mol. The van der Waals surface area contributed by atoms with Crippen molar-refractivity contribution in [2.45, 2.75) is 13.5 Å². The van der Waals surface area contributed by atoms with Crippen LogP contribution in [0.3, 0.4) is 0 Å². The summed E-state index contributed by atoms with van der Waals surface area (Å²) in [5.41, 5.74) is 0. The van der Waals surface area contributed by atoms with E-state index < -0.39 is 6.61 Å². The lowest BCUT2D eigenvalue weighted by Crippen LogP contribution is -2.12. The summed E-state index contributed by atoms with van der Waals surface area (Å²) in [7, 11) is 0.